The lowest BCUT2D eigenvalue weighted by Gasteiger charge is -2.35. The first-order chi connectivity index (χ1) is 16.6. The minimum Gasteiger partial charge on any atom is -0.497 e. The third-order valence-corrected chi connectivity index (χ3v) is 5.96. The van der Waals surface area contributed by atoms with E-state index >= 15 is 0 Å². The third-order valence-electron chi connectivity index (χ3n) is 5.96. The van der Waals surface area contributed by atoms with Crippen molar-refractivity contribution in [2.45, 2.75) is 6.92 Å². The van der Waals surface area contributed by atoms with Gasteiger partial charge < -0.3 is 19.3 Å². The van der Waals surface area contributed by atoms with Gasteiger partial charge in [0, 0.05) is 37.8 Å². The average Bonchev–Trinajstić information content (AvgIpc) is 3.33. The summed E-state index contributed by atoms with van der Waals surface area (Å²) in [5.41, 5.74) is 3.89. The Labute approximate surface area is 196 Å². The molecule has 1 saturated heterocycles. The van der Waals surface area contributed by atoms with Gasteiger partial charge in [0.25, 0.3) is 5.91 Å². The van der Waals surface area contributed by atoms with Crippen LogP contribution >= 0.6 is 0 Å². The summed E-state index contributed by atoms with van der Waals surface area (Å²) in [6.45, 7) is 4.39. The lowest BCUT2D eigenvalue weighted by Crippen LogP contribution is -2.49. The number of hydrogen-bond acceptors (Lipinski definition) is 8. The number of anilines is 1. The van der Waals surface area contributed by atoms with Crippen LogP contribution in [-0.4, -0.2) is 76.2 Å². The normalized spacial score (nSPS) is 13.9. The van der Waals surface area contributed by atoms with Gasteiger partial charge in [-0.3, -0.25) is 4.79 Å². The highest BCUT2D eigenvalue weighted by atomic mass is 16.5. The van der Waals surface area contributed by atoms with Gasteiger partial charge >= 0.3 is 0 Å². The van der Waals surface area contributed by atoms with Crippen molar-refractivity contribution in [1.82, 2.24) is 29.9 Å². The number of piperazine rings is 1. The quantitative estimate of drug-likeness (QED) is 0.449. The van der Waals surface area contributed by atoms with E-state index in [1.165, 1.54) is 11.9 Å². The zero-order valence-corrected chi connectivity index (χ0v) is 19.3. The fourth-order valence-electron chi connectivity index (χ4n) is 4.06. The van der Waals surface area contributed by atoms with Crippen LogP contribution in [-0.2, 0) is 0 Å². The predicted molar refractivity (Wildman–Crippen MR) is 127 cm³/mol. The second-order valence-electron chi connectivity index (χ2n) is 8.09. The van der Waals surface area contributed by atoms with Crippen LogP contribution in [0.3, 0.4) is 0 Å². The maximum atomic E-state index is 13.1. The van der Waals surface area contributed by atoms with Crippen molar-refractivity contribution >= 4 is 22.9 Å². The molecule has 0 N–H and O–H groups in total. The number of fused-ring (bicyclic) bond motifs is 1. The van der Waals surface area contributed by atoms with Crippen molar-refractivity contribution in [3.05, 3.63) is 59.9 Å². The lowest BCUT2D eigenvalue weighted by atomic mass is 10.1. The Kier molecular flexibility index (Phi) is 5.70. The summed E-state index contributed by atoms with van der Waals surface area (Å²) in [7, 11) is 3.14. The van der Waals surface area contributed by atoms with E-state index < -0.39 is 0 Å². The van der Waals surface area contributed by atoms with Gasteiger partial charge in [-0.25, -0.2) is 9.97 Å². The van der Waals surface area contributed by atoms with Crippen molar-refractivity contribution in [3.8, 4) is 17.2 Å². The summed E-state index contributed by atoms with van der Waals surface area (Å²) in [4.78, 5) is 26.0. The van der Waals surface area contributed by atoms with Crippen LogP contribution in [0.1, 0.15) is 15.9 Å². The van der Waals surface area contributed by atoms with Gasteiger partial charge in [-0.2, -0.15) is 4.68 Å². The van der Waals surface area contributed by atoms with Gasteiger partial charge in [-0.05, 0) is 31.2 Å². The first-order valence-electron chi connectivity index (χ1n) is 11.0. The molecule has 0 unspecified atom stereocenters. The molecule has 1 amide bonds. The number of amides is 1. The second-order valence-corrected chi connectivity index (χ2v) is 8.09. The summed E-state index contributed by atoms with van der Waals surface area (Å²) in [6.07, 6.45) is 1.53. The van der Waals surface area contributed by atoms with Crippen molar-refractivity contribution in [3.63, 3.8) is 0 Å². The number of benzene rings is 2. The van der Waals surface area contributed by atoms with Gasteiger partial charge in [-0.1, -0.05) is 22.9 Å². The Bertz CT molecular complexity index is 1310. The molecule has 0 spiro atoms. The molecule has 4 aromatic rings. The van der Waals surface area contributed by atoms with Gasteiger partial charge in [-0.15, -0.1) is 5.10 Å². The number of methoxy groups -OCH3 is 2. The van der Waals surface area contributed by atoms with Crippen molar-refractivity contribution in [2.24, 2.45) is 0 Å². The number of rotatable bonds is 5. The molecule has 0 aliphatic carbocycles. The van der Waals surface area contributed by atoms with E-state index in [2.05, 4.69) is 25.2 Å². The maximum Gasteiger partial charge on any atom is 0.254 e. The van der Waals surface area contributed by atoms with E-state index in [9.17, 15) is 4.79 Å². The fraction of sp³-hybridized carbons (Fsp3) is 0.292. The van der Waals surface area contributed by atoms with Crippen molar-refractivity contribution in [1.29, 1.82) is 0 Å². The Balaban J connectivity index is 1.35. The molecule has 2 aromatic carbocycles. The van der Waals surface area contributed by atoms with Crippen molar-refractivity contribution < 1.29 is 14.3 Å². The van der Waals surface area contributed by atoms with Gasteiger partial charge in [0.05, 0.1) is 19.9 Å². The molecule has 0 saturated carbocycles. The van der Waals surface area contributed by atoms with Crippen LogP contribution in [0.5, 0.6) is 11.5 Å². The Morgan fingerprint density at radius 1 is 0.912 bits per heavy atom. The smallest absolute Gasteiger partial charge is 0.254 e. The first-order valence-corrected chi connectivity index (χ1v) is 11.0. The van der Waals surface area contributed by atoms with Crippen molar-refractivity contribution in [2.75, 3.05) is 45.3 Å². The first kappa shape index (κ1) is 21.6. The highest BCUT2D eigenvalue weighted by Crippen LogP contribution is 2.26. The SMILES string of the molecule is COc1cc(OC)cc(C(=O)N2CCN(c3ncnc4c3nnn4-c3ccc(C)cc3)CC2)c1. The molecule has 1 fully saturated rings. The molecular weight excluding hydrogens is 434 g/mol. The minimum atomic E-state index is -0.0602. The van der Waals surface area contributed by atoms with Gasteiger partial charge in [0.2, 0.25) is 0 Å². The van der Waals surface area contributed by atoms with Crippen LogP contribution in [0.2, 0.25) is 0 Å². The van der Waals surface area contributed by atoms with Crippen LogP contribution < -0.4 is 14.4 Å². The summed E-state index contributed by atoms with van der Waals surface area (Å²) in [5, 5.41) is 8.69. The topological polar surface area (TPSA) is 98.5 Å². The molecule has 2 aromatic heterocycles. The third kappa shape index (κ3) is 3.98. The van der Waals surface area contributed by atoms with E-state index in [0.717, 1.165) is 11.5 Å². The van der Waals surface area contributed by atoms with Crippen LogP contribution in [0.15, 0.2) is 48.8 Å². The molecule has 3 heterocycles. The molecular formula is C24H25N7O3. The maximum absolute atomic E-state index is 13.1. The van der Waals surface area contributed by atoms with E-state index in [1.54, 1.807) is 37.1 Å². The summed E-state index contributed by atoms with van der Waals surface area (Å²) in [5.74, 6) is 1.83. The van der Waals surface area contributed by atoms with Crippen LogP contribution in [0, 0.1) is 6.92 Å². The Hall–Kier alpha value is -4.21. The zero-order valence-electron chi connectivity index (χ0n) is 19.3. The molecule has 0 radical (unpaired) electrons. The highest BCUT2D eigenvalue weighted by Gasteiger charge is 2.26. The van der Waals surface area contributed by atoms with E-state index in [4.69, 9.17) is 9.47 Å². The van der Waals surface area contributed by atoms with E-state index in [-0.39, 0.29) is 5.91 Å². The molecule has 5 rings (SSSR count). The van der Waals surface area contributed by atoms with E-state index in [1.807, 2.05) is 36.1 Å². The highest BCUT2D eigenvalue weighted by molar-refractivity contribution is 5.95. The number of carbonyl (C=O) groups excluding carboxylic acids is 1. The molecule has 34 heavy (non-hydrogen) atoms. The summed E-state index contributed by atoms with van der Waals surface area (Å²) < 4.78 is 12.3. The minimum absolute atomic E-state index is 0.0602. The summed E-state index contributed by atoms with van der Waals surface area (Å²) in [6, 6.07) is 13.2. The molecule has 0 bridgehead atoms. The predicted octanol–water partition coefficient (Wildman–Crippen LogP) is 2.50. The molecule has 1 aliphatic rings. The van der Waals surface area contributed by atoms with Crippen LogP contribution in [0.4, 0.5) is 5.82 Å². The van der Waals surface area contributed by atoms with Gasteiger partial charge in [0.1, 0.15) is 17.8 Å². The van der Waals surface area contributed by atoms with E-state index in [0.29, 0.717) is 54.4 Å². The number of aromatic nitrogens is 5. The Morgan fingerprint density at radius 3 is 2.24 bits per heavy atom. The molecule has 1 aliphatic heterocycles. The molecule has 174 valence electrons. The Morgan fingerprint density at radius 2 is 1.59 bits per heavy atom. The number of carbonyl (C=O) groups is 1. The molecule has 0 atom stereocenters. The number of hydrogen-bond donors (Lipinski definition) is 0. The zero-order chi connectivity index (χ0) is 23.7. The number of aryl methyl sites for hydroxylation is 1. The fourth-order valence-corrected chi connectivity index (χ4v) is 4.06. The average molecular weight is 460 g/mol. The number of nitrogens with zero attached hydrogens (tertiary/aromatic N) is 7. The molecule has 10 nitrogen and oxygen atoms in total. The monoisotopic (exact) mass is 459 g/mol. The lowest BCUT2D eigenvalue weighted by molar-refractivity contribution is 0.0746. The standard InChI is InChI=1S/C24H25N7O3/c1-16-4-6-18(7-5-16)31-23-21(27-28-31)22(25-15-26-23)29-8-10-30(11-9-29)24(32)17-12-19(33-2)14-20(13-17)34-3/h4-7,12-15H,8-11H2,1-3H3. The number of ether oxygens (including phenoxy) is 2. The summed E-state index contributed by atoms with van der Waals surface area (Å²) >= 11 is 0. The second kappa shape index (κ2) is 8.97. The molecule has 10 heteroatoms. The van der Waals surface area contributed by atoms with Crippen LogP contribution in [0.25, 0.3) is 16.9 Å². The van der Waals surface area contributed by atoms with Gasteiger partial charge in [0.15, 0.2) is 17.0 Å². The largest absolute Gasteiger partial charge is 0.497 e.